The number of amides is 1. The van der Waals surface area contributed by atoms with E-state index in [1.807, 2.05) is 0 Å². The van der Waals surface area contributed by atoms with Gasteiger partial charge in [0.25, 0.3) is 0 Å². The van der Waals surface area contributed by atoms with Crippen molar-refractivity contribution in [3.05, 3.63) is 12.7 Å². The Morgan fingerprint density at radius 2 is 1.62 bits per heavy atom. The second-order valence-corrected chi connectivity index (χ2v) is 9.20. The summed E-state index contributed by atoms with van der Waals surface area (Å²) in [5.74, 6) is 1.27. The molecule has 0 aliphatic carbocycles. The van der Waals surface area contributed by atoms with Crippen LogP contribution in [0.2, 0.25) is 0 Å². The minimum absolute atomic E-state index is 0.225. The van der Waals surface area contributed by atoms with Gasteiger partial charge in [0.15, 0.2) is 6.29 Å². The molecule has 14 heteroatoms. The molecule has 13 nitrogen and oxygen atoms in total. The Labute approximate surface area is 201 Å². The highest BCUT2D eigenvalue weighted by Gasteiger charge is 2.50. The molecule has 10 atom stereocenters. The number of hydrogen-bond acceptors (Lipinski definition) is 13. The number of aliphatic hydroxyl groups excluding tert-OH is 7. The molecular formula is C20H36N2O11S. The monoisotopic (exact) mass is 512 g/mol. The van der Waals surface area contributed by atoms with E-state index < -0.39 is 74.6 Å². The zero-order valence-electron chi connectivity index (χ0n) is 18.7. The SMILES string of the molecule is C=CC(=O)NCCSCCCN[C@H]1O[C@H](CO)[C@@H](O[C@@H]2OC(CO)[C@H](O)[C@H](O)C2O)C(O)C1O. The van der Waals surface area contributed by atoms with E-state index in [1.54, 1.807) is 11.8 Å². The van der Waals surface area contributed by atoms with Gasteiger partial charge in [0.1, 0.15) is 55.1 Å². The fourth-order valence-corrected chi connectivity index (χ4v) is 4.40. The number of carbonyl (C=O) groups is 1. The van der Waals surface area contributed by atoms with Crippen LogP contribution in [0.5, 0.6) is 0 Å². The minimum atomic E-state index is -1.71. The van der Waals surface area contributed by atoms with Crippen LogP contribution >= 0.6 is 11.8 Å². The summed E-state index contributed by atoms with van der Waals surface area (Å²) < 4.78 is 16.4. The van der Waals surface area contributed by atoms with Gasteiger partial charge < -0.3 is 55.3 Å². The van der Waals surface area contributed by atoms with Gasteiger partial charge in [-0.3, -0.25) is 10.1 Å². The first-order chi connectivity index (χ1) is 16.2. The molecule has 2 aliphatic rings. The van der Waals surface area contributed by atoms with Crippen molar-refractivity contribution in [3.63, 3.8) is 0 Å². The van der Waals surface area contributed by atoms with Crippen LogP contribution in [0.25, 0.3) is 0 Å². The molecule has 1 amide bonds. The number of carbonyl (C=O) groups excluding carboxylic acids is 1. The lowest BCUT2D eigenvalue weighted by Crippen LogP contribution is -2.66. The van der Waals surface area contributed by atoms with Crippen LogP contribution in [0.15, 0.2) is 12.7 Å². The number of thioether (sulfide) groups is 1. The van der Waals surface area contributed by atoms with Gasteiger partial charge in [0.2, 0.25) is 5.91 Å². The molecule has 198 valence electrons. The third-order valence-electron chi connectivity index (χ3n) is 5.55. The van der Waals surface area contributed by atoms with Gasteiger partial charge in [-0.2, -0.15) is 11.8 Å². The van der Waals surface area contributed by atoms with Crippen molar-refractivity contribution in [3.8, 4) is 0 Å². The minimum Gasteiger partial charge on any atom is -0.394 e. The highest BCUT2D eigenvalue weighted by molar-refractivity contribution is 7.99. The van der Waals surface area contributed by atoms with E-state index >= 15 is 0 Å². The first-order valence-corrected chi connectivity index (χ1v) is 12.2. The molecule has 34 heavy (non-hydrogen) atoms. The number of rotatable bonds is 13. The fourth-order valence-electron chi connectivity index (χ4n) is 3.60. The van der Waals surface area contributed by atoms with Gasteiger partial charge in [-0.05, 0) is 24.8 Å². The van der Waals surface area contributed by atoms with Gasteiger partial charge in [-0.1, -0.05) is 6.58 Å². The van der Waals surface area contributed by atoms with Crippen LogP contribution in [0.4, 0.5) is 0 Å². The van der Waals surface area contributed by atoms with Crippen molar-refractivity contribution in [2.45, 2.75) is 67.8 Å². The maximum Gasteiger partial charge on any atom is 0.243 e. The average Bonchev–Trinajstić information content (AvgIpc) is 2.84. The second-order valence-electron chi connectivity index (χ2n) is 7.97. The molecule has 2 saturated heterocycles. The van der Waals surface area contributed by atoms with Crippen molar-refractivity contribution in [2.24, 2.45) is 0 Å². The standard InChI is InChI=1S/C20H36N2O11S/c1-2-12(25)21-5-7-34-6-3-4-22-19-16(29)15(28)18(11(9-24)31-19)33-20-17(30)14(27)13(26)10(8-23)32-20/h2,10-11,13-20,22-24,26-30H,1,3-9H2,(H,21,25)/t10?,11-,13+,14+,15?,16?,17?,18-,19+,20+/m1/s1. The number of ether oxygens (including phenoxy) is 3. The van der Waals surface area contributed by atoms with E-state index in [9.17, 15) is 40.5 Å². The predicted molar refractivity (Wildman–Crippen MR) is 120 cm³/mol. The largest absolute Gasteiger partial charge is 0.394 e. The third kappa shape index (κ3) is 7.81. The van der Waals surface area contributed by atoms with Crippen LogP contribution in [-0.2, 0) is 19.0 Å². The summed E-state index contributed by atoms with van der Waals surface area (Å²) in [4.78, 5) is 11.1. The second kappa shape index (κ2) is 14.6. The molecule has 2 heterocycles. The van der Waals surface area contributed by atoms with Gasteiger partial charge in [0, 0.05) is 12.3 Å². The Morgan fingerprint density at radius 3 is 2.26 bits per heavy atom. The molecule has 2 fully saturated rings. The summed E-state index contributed by atoms with van der Waals surface area (Å²) in [6, 6.07) is 0. The number of aliphatic hydroxyl groups is 7. The van der Waals surface area contributed by atoms with Crippen LogP contribution < -0.4 is 10.6 Å². The first kappa shape index (κ1) is 29.4. The zero-order chi connectivity index (χ0) is 25.3. The Balaban J connectivity index is 1.81. The van der Waals surface area contributed by atoms with Crippen LogP contribution in [0, 0.1) is 0 Å². The van der Waals surface area contributed by atoms with E-state index in [0.717, 1.165) is 11.5 Å². The lowest BCUT2D eigenvalue weighted by molar-refractivity contribution is -0.343. The van der Waals surface area contributed by atoms with E-state index in [-0.39, 0.29) is 5.91 Å². The lowest BCUT2D eigenvalue weighted by atomic mass is 9.96. The fraction of sp³-hybridized carbons (Fsp3) is 0.850. The smallest absolute Gasteiger partial charge is 0.243 e. The van der Waals surface area contributed by atoms with Crippen molar-refractivity contribution in [2.75, 3.05) is 37.8 Å². The summed E-state index contributed by atoms with van der Waals surface area (Å²) >= 11 is 1.63. The molecular weight excluding hydrogens is 476 g/mol. The molecule has 9 N–H and O–H groups in total. The summed E-state index contributed by atoms with van der Waals surface area (Å²) in [5, 5.41) is 75.6. The Bertz CT molecular complexity index is 629. The highest BCUT2D eigenvalue weighted by Crippen LogP contribution is 2.28. The molecule has 2 rings (SSSR count). The maximum absolute atomic E-state index is 11.1. The molecule has 0 aromatic heterocycles. The lowest BCUT2D eigenvalue weighted by Gasteiger charge is -2.46. The summed E-state index contributed by atoms with van der Waals surface area (Å²) in [7, 11) is 0. The highest BCUT2D eigenvalue weighted by atomic mass is 32.2. The number of hydrogen-bond donors (Lipinski definition) is 9. The van der Waals surface area contributed by atoms with Crippen LogP contribution in [-0.4, -0.2) is 141 Å². The van der Waals surface area contributed by atoms with Gasteiger partial charge in [-0.15, -0.1) is 0 Å². The summed E-state index contributed by atoms with van der Waals surface area (Å²) in [6.45, 7) is 3.09. The van der Waals surface area contributed by atoms with E-state index in [1.165, 1.54) is 6.08 Å². The van der Waals surface area contributed by atoms with Crippen LogP contribution in [0.1, 0.15) is 6.42 Å². The van der Waals surface area contributed by atoms with Gasteiger partial charge in [-0.25, -0.2) is 0 Å². The molecule has 4 unspecified atom stereocenters. The van der Waals surface area contributed by atoms with Gasteiger partial charge in [0.05, 0.1) is 13.2 Å². The average molecular weight is 513 g/mol. The molecule has 0 aromatic carbocycles. The van der Waals surface area contributed by atoms with Crippen molar-refractivity contribution >= 4 is 17.7 Å². The molecule has 0 aromatic rings. The van der Waals surface area contributed by atoms with E-state index in [2.05, 4.69) is 17.2 Å². The molecule has 0 radical (unpaired) electrons. The van der Waals surface area contributed by atoms with Crippen molar-refractivity contribution < 1.29 is 54.8 Å². The Hall–Kier alpha value is -0.880. The summed E-state index contributed by atoms with van der Waals surface area (Å²) in [6.07, 6.45) is -12.3. The van der Waals surface area contributed by atoms with Gasteiger partial charge >= 0.3 is 0 Å². The predicted octanol–water partition coefficient (Wildman–Crippen LogP) is -4.37. The molecule has 2 aliphatic heterocycles. The zero-order valence-corrected chi connectivity index (χ0v) is 19.5. The Kier molecular flexibility index (Phi) is 12.6. The quantitative estimate of drug-likeness (QED) is 0.0844. The summed E-state index contributed by atoms with van der Waals surface area (Å²) in [5.41, 5.74) is 0. The van der Waals surface area contributed by atoms with Crippen molar-refractivity contribution in [1.82, 2.24) is 10.6 Å². The number of nitrogens with one attached hydrogen (secondary N) is 2. The maximum atomic E-state index is 11.1. The topological polar surface area (TPSA) is 210 Å². The first-order valence-electron chi connectivity index (χ1n) is 11.0. The van der Waals surface area contributed by atoms with Crippen molar-refractivity contribution in [1.29, 1.82) is 0 Å². The van der Waals surface area contributed by atoms with E-state index in [0.29, 0.717) is 19.5 Å². The molecule has 0 bridgehead atoms. The normalized spacial score (nSPS) is 38.4. The van der Waals surface area contributed by atoms with Crippen LogP contribution in [0.3, 0.4) is 0 Å². The molecule has 0 saturated carbocycles. The third-order valence-corrected chi connectivity index (χ3v) is 6.62. The molecule has 0 spiro atoms. The van der Waals surface area contributed by atoms with E-state index in [4.69, 9.17) is 14.2 Å². The Morgan fingerprint density at radius 1 is 0.912 bits per heavy atom.